The topological polar surface area (TPSA) is 44.0 Å². The maximum absolute atomic E-state index is 7.61. The van der Waals surface area contributed by atoms with Gasteiger partial charge in [-0.25, -0.2) is 0 Å². The van der Waals surface area contributed by atoms with Crippen molar-refractivity contribution in [1.29, 1.82) is 5.41 Å². The summed E-state index contributed by atoms with van der Waals surface area (Å²) < 4.78 is 1.96. The van der Waals surface area contributed by atoms with Crippen LogP contribution >= 0.6 is 11.3 Å². The van der Waals surface area contributed by atoms with Crippen molar-refractivity contribution in [2.75, 3.05) is 26.2 Å². The maximum atomic E-state index is 7.61. The smallest absolute Gasteiger partial charge is 0.181 e. The first-order valence-corrected chi connectivity index (χ1v) is 5.76. The predicted molar refractivity (Wildman–Crippen MR) is 57.3 cm³/mol. The third-order valence-corrected chi connectivity index (χ3v) is 3.52. The van der Waals surface area contributed by atoms with E-state index in [0.29, 0.717) is 4.80 Å². The fourth-order valence-corrected chi connectivity index (χ4v) is 2.41. The minimum atomic E-state index is 0.634. The fraction of sp³-hybridized carbons (Fsp3) is 0.667. The molecule has 1 aromatic rings. The highest BCUT2D eigenvalue weighted by atomic mass is 32.1. The zero-order valence-electron chi connectivity index (χ0n) is 8.42. The van der Waals surface area contributed by atoms with Crippen molar-refractivity contribution in [3.05, 3.63) is 15.9 Å². The van der Waals surface area contributed by atoms with E-state index in [4.69, 9.17) is 5.41 Å². The summed E-state index contributed by atoms with van der Waals surface area (Å²) in [5.41, 5.74) is 1.25. The first-order chi connectivity index (χ1) is 6.77. The van der Waals surface area contributed by atoms with Gasteiger partial charge in [0.15, 0.2) is 4.80 Å². The molecule has 4 nitrogen and oxygen atoms in total. The molecule has 1 aromatic heterocycles. The zero-order valence-corrected chi connectivity index (χ0v) is 9.23. The van der Waals surface area contributed by atoms with Gasteiger partial charge in [-0.15, -0.1) is 11.3 Å². The Labute approximate surface area is 87.7 Å². The second-order valence-electron chi connectivity index (χ2n) is 3.62. The fourth-order valence-electron chi connectivity index (χ4n) is 1.65. The van der Waals surface area contributed by atoms with Crippen LogP contribution in [0.15, 0.2) is 5.38 Å². The van der Waals surface area contributed by atoms with Crippen LogP contribution in [0.25, 0.3) is 0 Å². The quantitative estimate of drug-likeness (QED) is 0.723. The van der Waals surface area contributed by atoms with Gasteiger partial charge in [-0.05, 0) is 0 Å². The molecule has 0 spiro atoms. The Bertz CT molecular complexity index is 348. The van der Waals surface area contributed by atoms with Gasteiger partial charge in [0.1, 0.15) is 0 Å². The molecule has 0 radical (unpaired) electrons. The normalized spacial score (nSPS) is 18.6. The van der Waals surface area contributed by atoms with Gasteiger partial charge >= 0.3 is 0 Å². The Morgan fingerprint density at radius 3 is 2.79 bits per heavy atom. The van der Waals surface area contributed by atoms with Gasteiger partial charge < -0.3 is 9.88 Å². The lowest BCUT2D eigenvalue weighted by molar-refractivity contribution is 0.228. The summed E-state index contributed by atoms with van der Waals surface area (Å²) in [5.74, 6) is 0. The summed E-state index contributed by atoms with van der Waals surface area (Å²) in [7, 11) is 1.97. The first kappa shape index (κ1) is 9.89. The number of aromatic nitrogens is 1. The van der Waals surface area contributed by atoms with Crippen LogP contribution < -0.4 is 10.1 Å². The Kier molecular flexibility index (Phi) is 3.00. The van der Waals surface area contributed by atoms with Crippen LogP contribution in [0.1, 0.15) is 5.69 Å². The lowest BCUT2D eigenvalue weighted by Crippen LogP contribution is -2.43. The van der Waals surface area contributed by atoms with E-state index in [9.17, 15) is 0 Å². The van der Waals surface area contributed by atoms with Crippen molar-refractivity contribution in [2.45, 2.75) is 6.54 Å². The number of hydrogen-bond acceptors (Lipinski definition) is 4. The molecule has 0 unspecified atom stereocenters. The number of piperazine rings is 1. The molecule has 0 aromatic carbocycles. The molecule has 1 saturated heterocycles. The van der Waals surface area contributed by atoms with Crippen LogP contribution in [0.3, 0.4) is 0 Å². The molecule has 2 N–H and O–H groups in total. The van der Waals surface area contributed by atoms with E-state index in [1.807, 2.05) is 11.6 Å². The minimum Gasteiger partial charge on any atom is -0.323 e. The molecule has 5 heteroatoms. The molecule has 1 aliphatic rings. The van der Waals surface area contributed by atoms with E-state index >= 15 is 0 Å². The van der Waals surface area contributed by atoms with Crippen molar-refractivity contribution in [3.63, 3.8) is 0 Å². The van der Waals surface area contributed by atoms with Gasteiger partial charge in [-0.2, -0.15) is 0 Å². The van der Waals surface area contributed by atoms with Gasteiger partial charge in [-0.1, -0.05) is 0 Å². The first-order valence-electron chi connectivity index (χ1n) is 4.88. The lowest BCUT2D eigenvalue weighted by Gasteiger charge is -2.27. The second-order valence-corrected chi connectivity index (χ2v) is 4.48. The van der Waals surface area contributed by atoms with Gasteiger partial charge in [0.2, 0.25) is 0 Å². The number of nitrogens with zero attached hydrogens (tertiary/aromatic N) is 2. The summed E-state index contributed by atoms with van der Waals surface area (Å²) in [6.45, 7) is 5.38. The summed E-state index contributed by atoms with van der Waals surface area (Å²) in [5, 5.41) is 13.0. The van der Waals surface area contributed by atoms with Gasteiger partial charge in [0, 0.05) is 50.8 Å². The molecule has 0 amide bonds. The van der Waals surface area contributed by atoms with Crippen LogP contribution in [0, 0.1) is 5.41 Å². The molecular weight excluding hydrogens is 196 g/mol. The van der Waals surface area contributed by atoms with E-state index in [2.05, 4.69) is 15.6 Å². The molecule has 1 fully saturated rings. The molecule has 1 aliphatic heterocycles. The Morgan fingerprint density at radius 1 is 1.50 bits per heavy atom. The highest BCUT2D eigenvalue weighted by Crippen LogP contribution is 2.05. The molecule has 0 aliphatic carbocycles. The SMILES string of the molecule is Cn1c(CN2CCNCC2)csc1=N. The molecule has 0 saturated carbocycles. The van der Waals surface area contributed by atoms with Crippen LogP contribution in [0.5, 0.6) is 0 Å². The average molecular weight is 212 g/mol. The van der Waals surface area contributed by atoms with Crippen molar-refractivity contribution in [3.8, 4) is 0 Å². The molecular formula is C9H16N4S. The van der Waals surface area contributed by atoms with Crippen LogP contribution in [0.2, 0.25) is 0 Å². The Balaban J connectivity index is 2.02. The van der Waals surface area contributed by atoms with E-state index in [0.717, 1.165) is 32.7 Å². The number of hydrogen-bond donors (Lipinski definition) is 2. The molecule has 0 bridgehead atoms. The number of thiazole rings is 1. The maximum Gasteiger partial charge on any atom is 0.181 e. The third kappa shape index (κ3) is 2.05. The van der Waals surface area contributed by atoms with E-state index in [1.165, 1.54) is 17.0 Å². The predicted octanol–water partition coefficient (Wildman–Crippen LogP) is -0.0287. The van der Waals surface area contributed by atoms with Crippen molar-refractivity contribution in [1.82, 2.24) is 14.8 Å². The number of nitrogens with one attached hydrogen (secondary N) is 2. The molecule has 2 heterocycles. The summed E-state index contributed by atoms with van der Waals surface area (Å²) in [4.78, 5) is 3.06. The zero-order chi connectivity index (χ0) is 9.97. The molecule has 2 rings (SSSR count). The standard InChI is InChI=1S/C9H16N4S/c1-12-8(7-14-9(12)10)6-13-4-2-11-3-5-13/h7,10-11H,2-6H2,1H3. The van der Waals surface area contributed by atoms with E-state index in [1.54, 1.807) is 0 Å². The van der Waals surface area contributed by atoms with E-state index < -0.39 is 0 Å². The molecule has 14 heavy (non-hydrogen) atoms. The van der Waals surface area contributed by atoms with Crippen LogP contribution in [-0.4, -0.2) is 35.6 Å². The van der Waals surface area contributed by atoms with Gasteiger partial charge in [0.25, 0.3) is 0 Å². The van der Waals surface area contributed by atoms with E-state index in [-0.39, 0.29) is 0 Å². The highest BCUT2D eigenvalue weighted by Gasteiger charge is 2.11. The summed E-state index contributed by atoms with van der Waals surface area (Å²) in [6.07, 6.45) is 0. The van der Waals surface area contributed by atoms with Gasteiger partial charge in [-0.3, -0.25) is 10.3 Å². The average Bonchev–Trinajstić information content (AvgIpc) is 2.52. The summed E-state index contributed by atoms with van der Waals surface area (Å²) in [6, 6.07) is 0. The minimum absolute atomic E-state index is 0.634. The van der Waals surface area contributed by atoms with Crippen molar-refractivity contribution >= 4 is 11.3 Å². The Morgan fingerprint density at radius 2 is 2.21 bits per heavy atom. The monoisotopic (exact) mass is 212 g/mol. The van der Waals surface area contributed by atoms with Crippen molar-refractivity contribution < 1.29 is 0 Å². The van der Waals surface area contributed by atoms with Crippen molar-refractivity contribution in [2.24, 2.45) is 7.05 Å². The van der Waals surface area contributed by atoms with Gasteiger partial charge in [0.05, 0.1) is 0 Å². The largest absolute Gasteiger partial charge is 0.323 e. The van der Waals surface area contributed by atoms with Crippen LogP contribution in [0.4, 0.5) is 0 Å². The third-order valence-electron chi connectivity index (χ3n) is 2.64. The highest BCUT2D eigenvalue weighted by molar-refractivity contribution is 7.07. The molecule has 0 atom stereocenters. The lowest BCUT2D eigenvalue weighted by atomic mass is 10.3. The second kappa shape index (κ2) is 4.25. The number of rotatable bonds is 2. The Hall–Kier alpha value is -0.650. The van der Waals surface area contributed by atoms with Crippen LogP contribution in [-0.2, 0) is 13.6 Å². The molecule has 78 valence electrons. The summed E-state index contributed by atoms with van der Waals surface area (Å²) >= 11 is 1.51.